The van der Waals surface area contributed by atoms with Crippen molar-refractivity contribution in [3.8, 4) is 20.9 Å². The average Bonchev–Trinajstić information content (AvgIpc) is 3.98. The lowest BCUT2D eigenvalue weighted by atomic mass is 9.72. The number of halogens is 2. The summed E-state index contributed by atoms with van der Waals surface area (Å²) in [5.74, 6) is 0.103. The first kappa shape index (κ1) is 50.0. The Morgan fingerprint density at radius 3 is 1.57 bits per heavy atom. The first-order chi connectivity index (χ1) is 30.9. The molecule has 0 spiro atoms. The Morgan fingerprint density at radius 1 is 0.585 bits per heavy atom. The van der Waals surface area contributed by atoms with Crippen LogP contribution in [0.2, 0.25) is 0 Å². The SMILES string of the molecule is CC[C@H]1OC(=O)[C@H](C)[C@@H](C)[C@@H]1C.CC[C@H]1OC(O)(c2ccc(C)c(Cc3ccc(-c4ccc(F)cc4)s3)c2)[C@H](C)[C@@H](C)[C@@H]1C.Cc1ccc(C)c(Cc2ccc(-c3ccc(F)cc3)s2)c1. The van der Waals surface area contributed by atoms with Gasteiger partial charge in [-0.3, -0.25) is 4.79 Å². The first-order valence-corrected chi connectivity index (χ1v) is 25.0. The molecule has 8 heteroatoms. The Labute approximate surface area is 395 Å². The summed E-state index contributed by atoms with van der Waals surface area (Å²) in [5.41, 5.74) is 9.35. The number of rotatable bonds is 9. The predicted octanol–water partition coefficient (Wildman–Crippen LogP) is 15.3. The van der Waals surface area contributed by atoms with E-state index in [-0.39, 0.29) is 41.6 Å². The maximum absolute atomic E-state index is 13.3. The molecule has 2 aliphatic rings. The Balaban J connectivity index is 0.000000181. The van der Waals surface area contributed by atoms with Gasteiger partial charge in [0.25, 0.3) is 0 Å². The zero-order valence-corrected chi connectivity index (χ0v) is 41.7. The van der Waals surface area contributed by atoms with E-state index < -0.39 is 5.79 Å². The molecule has 0 amide bonds. The van der Waals surface area contributed by atoms with E-state index in [4.69, 9.17) is 9.47 Å². The number of aryl methyl sites for hydroxylation is 3. The van der Waals surface area contributed by atoms with Crippen LogP contribution in [0.4, 0.5) is 8.78 Å². The summed E-state index contributed by atoms with van der Waals surface area (Å²) in [6.07, 6.45) is 3.76. The minimum atomic E-state index is -1.27. The molecule has 2 saturated heterocycles. The molecule has 0 bridgehead atoms. The van der Waals surface area contributed by atoms with E-state index in [1.165, 1.54) is 66.7 Å². The molecule has 2 aromatic heterocycles. The fourth-order valence-corrected chi connectivity index (χ4v) is 11.2. The summed E-state index contributed by atoms with van der Waals surface area (Å²) >= 11 is 3.50. The van der Waals surface area contributed by atoms with Crippen LogP contribution in [0.1, 0.15) is 111 Å². The average molecular weight is 919 g/mol. The summed E-state index contributed by atoms with van der Waals surface area (Å²) in [7, 11) is 0. The lowest BCUT2D eigenvalue weighted by Crippen LogP contribution is -2.51. The van der Waals surface area contributed by atoms with Crippen LogP contribution in [0, 0.1) is 67.9 Å². The molecule has 6 aromatic rings. The molecule has 4 aromatic carbocycles. The highest BCUT2D eigenvalue weighted by molar-refractivity contribution is 7.15. The smallest absolute Gasteiger partial charge is 0.309 e. The number of carbonyl (C=O) groups is 1. The highest BCUT2D eigenvalue weighted by Gasteiger charge is 2.49. The number of hydrogen-bond acceptors (Lipinski definition) is 6. The van der Waals surface area contributed by atoms with Gasteiger partial charge in [-0.2, -0.15) is 0 Å². The highest BCUT2D eigenvalue weighted by atomic mass is 32.1. The number of aliphatic hydroxyl groups is 1. The fourth-order valence-electron chi connectivity index (χ4n) is 9.14. The van der Waals surface area contributed by atoms with Gasteiger partial charge in [-0.1, -0.05) is 116 Å². The number of thiophene rings is 2. The van der Waals surface area contributed by atoms with Gasteiger partial charge in [0.2, 0.25) is 0 Å². The van der Waals surface area contributed by atoms with E-state index in [9.17, 15) is 18.7 Å². The van der Waals surface area contributed by atoms with Crippen molar-refractivity contribution >= 4 is 28.6 Å². The van der Waals surface area contributed by atoms with Crippen LogP contribution >= 0.6 is 22.7 Å². The van der Waals surface area contributed by atoms with E-state index >= 15 is 0 Å². The number of carbonyl (C=O) groups excluding carboxylic acids is 1. The molecule has 8 rings (SSSR count). The van der Waals surface area contributed by atoms with Crippen molar-refractivity contribution in [1.29, 1.82) is 0 Å². The van der Waals surface area contributed by atoms with Crippen molar-refractivity contribution in [3.63, 3.8) is 0 Å². The second-order valence-corrected chi connectivity index (χ2v) is 21.0. The Morgan fingerprint density at radius 2 is 1.06 bits per heavy atom. The van der Waals surface area contributed by atoms with E-state index in [0.717, 1.165) is 47.3 Å². The maximum atomic E-state index is 13.3. The van der Waals surface area contributed by atoms with Crippen molar-refractivity contribution in [3.05, 3.63) is 164 Å². The van der Waals surface area contributed by atoms with Crippen LogP contribution in [0.25, 0.3) is 20.9 Å². The molecular weight excluding hydrogens is 851 g/mol. The predicted molar refractivity (Wildman–Crippen MR) is 266 cm³/mol. The Bertz CT molecular complexity index is 2490. The Hall–Kier alpha value is -4.47. The topological polar surface area (TPSA) is 55.8 Å². The number of esters is 1. The molecule has 65 heavy (non-hydrogen) atoms. The molecule has 2 aliphatic heterocycles. The summed E-state index contributed by atoms with van der Waals surface area (Å²) in [4.78, 5) is 16.2. The maximum Gasteiger partial charge on any atom is 0.309 e. The zero-order chi connectivity index (χ0) is 47.2. The normalized spacial score (nSPS) is 25.2. The summed E-state index contributed by atoms with van der Waals surface area (Å²) < 4.78 is 37.9. The van der Waals surface area contributed by atoms with Crippen LogP contribution in [0.5, 0.6) is 0 Å². The van der Waals surface area contributed by atoms with Gasteiger partial charge in [0.1, 0.15) is 17.7 Å². The summed E-state index contributed by atoms with van der Waals surface area (Å²) in [6.45, 7) is 23.4. The quantitative estimate of drug-likeness (QED) is 0.147. The van der Waals surface area contributed by atoms with Crippen LogP contribution < -0.4 is 0 Å². The van der Waals surface area contributed by atoms with Crippen molar-refractivity contribution < 1.29 is 28.2 Å². The van der Waals surface area contributed by atoms with Crippen LogP contribution in [-0.2, 0) is 32.9 Å². The number of ether oxygens (including phenoxy) is 2. The number of benzene rings is 4. The second-order valence-electron chi connectivity index (χ2n) is 18.6. The minimum absolute atomic E-state index is 0.00247. The molecule has 1 unspecified atom stereocenters. The molecule has 4 heterocycles. The second kappa shape index (κ2) is 21.9. The lowest BCUT2D eigenvalue weighted by Gasteiger charge is -2.49. The largest absolute Gasteiger partial charge is 0.462 e. The van der Waals surface area contributed by atoms with Gasteiger partial charge in [0.05, 0.1) is 12.0 Å². The van der Waals surface area contributed by atoms with Crippen molar-refractivity contribution in [1.82, 2.24) is 0 Å². The monoisotopic (exact) mass is 918 g/mol. The van der Waals surface area contributed by atoms with E-state index in [1.807, 2.05) is 37.3 Å². The van der Waals surface area contributed by atoms with Crippen molar-refractivity contribution in [2.24, 2.45) is 35.5 Å². The van der Waals surface area contributed by atoms with Crippen LogP contribution in [0.3, 0.4) is 0 Å². The van der Waals surface area contributed by atoms with Gasteiger partial charge in [-0.25, -0.2) is 8.78 Å². The van der Waals surface area contributed by atoms with Crippen LogP contribution in [-0.4, -0.2) is 23.3 Å². The fraction of sp³-hybridized carbons (Fsp3) is 0.421. The molecule has 4 nitrogen and oxygen atoms in total. The van der Waals surface area contributed by atoms with Crippen molar-refractivity contribution in [2.75, 3.05) is 0 Å². The van der Waals surface area contributed by atoms with Gasteiger partial charge in [-0.15, -0.1) is 22.7 Å². The van der Waals surface area contributed by atoms with Gasteiger partial charge >= 0.3 is 5.97 Å². The molecule has 0 radical (unpaired) electrons. The van der Waals surface area contributed by atoms with Gasteiger partial charge in [0, 0.05) is 43.8 Å². The summed E-state index contributed by atoms with van der Waals surface area (Å²) in [6, 6.07) is 34.7. The van der Waals surface area contributed by atoms with E-state index in [0.29, 0.717) is 23.7 Å². The van der Waals surface area contributed by atoms with Gasteiger partial charge in [0.15, 0.2) is 5.79 Å². The van der Waals surface area contributed by atoms with E-state index in [2.05, 4.69) is 124 Å². The number of cyclic esters (lactones) is 1. The molecule has 2 fully saturated rings. The molecular formula is C57H68F2O4S2. The third kappa shape index (κ3) is 11.9. The number of hydrogen-bond donors (Lipinski definition) is 1. The Kier molecular flexibility index (Phi) is 16.8. The third-order valence-electron chi connectivity index (χ3n) is 14.4. The molecule has 0 saturated carbocycles. The molecule has 1 N–H and O–H groups in total. The molecule has 0 aliphatic carbocycles. The van der Waals surface area contributed by atoms with Gasteiger partial charge in [-0.05, 0) is 145 Å². The standard InChI is InChI=1S/C28H33FO2S.C19H17FS.C10H18O2/c1-6-26-19(4)18(3)20(5)28(30,31-26)23-10-7-17(2)22(15-23)16-25-13-14-27(32-25)21-8-11-24(29)12-9-21;1-13-3-4-14(2)16(11-13)12-18-9-10-19(21-18)15-5-7-17(20)8-6-15;1-5-9-7(3)6(2)8(4)10(11)12-9/h7-15,18-20,26,30H,6,16H2,1-5H3;3-11H,12H2,1-2H3;6-9H,5H2,1-4H3/t18-,19-,20+,26+,28?;;6-,7-,8+,9+/m0.0/s1. The first-order valence-electron chi connectivity index (χ1n) is 23.4. The zero-order valence-electron chi connectivity index (χ0n) is 40.1. The van der Waals surface area contributed by atoms with Crippen LogP contribution in [0.15, 0.2) is 109 Å². The molecule has 346 valence electrons. The van der Waals surface area contributed by atoms with E-state index in [1.54, 1.807) is 22.7 Å². The summed E-state index contributed by atoms with van der Waals surface area (Å²) in [5, 5.41) is 11.7. The minimum Gasteiger partial charge on any atom is -0.462 e. The highest BCUT2D eigenvalue weighted by Crippen LogP contribution is 2.47. The lowest BCUT2D eigenvalue weighted by molar-refractivity contribution is -0.316. The van der Waals surface area contributed by atoms with Gasteiger partial charge < -0.3 is 14.6 Å². The van der Waals surface area contributed by atoms with Crippen molar-refractivity contribution in [2.45, 2.75) is 120 Å². The molecule has 9 atom stereocenters. The third-order valence-corrected chi connectivity index (χ3v) is 16.6.